The first kappa shape index (κ1) is 21.0. The van der Waals surface area contributed by atoms with Crippen molar-refractivity contribution in [2.75, 3.05) is 31.6 Å². The number of hydrogen-bond donors (Lipinski definition) is 2. The van der Waals surface area contributed by atoms with E-state index in [2.05, 4.69) is 37.1 Å². The van der Waals surface area contributed by atoms with Crippen LogP contribution >= 0.6 is 0 Å². The van der Waals surface area contributed by atoms with E-state index in [-0.39, 0.29) is 11.5 Å². The van der Waals surface area contributed by atoms with Gasteiger partial charge in [-0.1, -0.05) is 6.92 Å². The zero-order valence-corrected chi connectivity index (χ0v) is 18.2. The molecule has 0 spiro atoms. The van der Waals surface area contributed by atoms with Gasteiger partial charge in [0.1, 0.15) is 5.69 Å². The van der Waals surface area contributed by atoms with Crippen molar-refractivity contribution >= 4 is 22.6 Å². The van der Waals surface area contributed by atoms with E-state index in [0.717, 1.165) is 47.5 Å². The van der Waals surface area contributed by atoms with Crippen molar-refractivity contribution in [3.05, 3.63) is 63.8 Å². The predicted octanol–water partition coefficient (Wildman–Crippen LogP) is 1.95. The van der Waals surface area contributed by atoms with Gasteiger partial charge in [-0.05, 0) is 43.2 Å². The van der Waals surface area contributed by atoms with Crippen molar-refractivity contribution in [3.8, 4) is 0 Å². The van der Waals surface area contributed by atoms with Crippen LogP contribution in [0.1, 0.15) is 35.5 Å². The van der Waals surface area contributed by atoms with Crippen molar-refractivity contribution < 1.29 is 4.79 Å². The Balaban J connectivity index is 1.35. The lowest BCUT2D eigenvalue weighted by molar-refractivity contribution is 0.0951. The van der Waals surface area contributed by atoms with Crippen LogP contribution in [-0.4, -0.2) is 58.5 Å². The summed E-state index contributed by atoms with van der Waals surface area (Å²) in [7, 11) is 2.05. The first-order chi connectivity index (χ1) is 15.0. The minimum absolute atomic E-state index is 0.0357. The molecule has 8 heteroatoms. The number of carbonyl (C=O) groups is 1. The normalized spacial score (nSPS) is 14.4. The molecule has 0 atom stereocenters. The molecule has 0 aliphatic carbocycles. The van der Waals surface area contributed by atoms with Gasteiger partial charge in [-0.3, -0.25) is 19.5 Å². The third kappa shape index (κ3) is 4.44. The molecule has 0 bridgehead atoms. The van der Waals surface area contributed by atoms with Crippen LogP contribution < -0.4 is 15.8 Å². The van der Waals surface area contributed by atoms with Crippen molar-refractivity contribution in [1.82, 2.24) is 25.2 Å². The Hall–Kier alpha value is -3.26. The largest absolute Gasteiger partial charge is 0.368 e. The quantitative estimate of drug-likeness (QED) is 0.607. The number of fused-ring (bicyclic) bond motifs is 1. The van der Waals surface area contributed by atoms with Crippen LogP contribution in [0.5, 0.6) is 0 Å². The van der Waals surface area contributed by atoms with Crippen LogP contribution in [0.15, 0.2) is 41.5 Å². The van der Waals surface area contributed by atoms with Gasteiger partial charge in [0.25, 0.3) is 11.5 Å². The first-order valence-electron chi connectivity index (χ1n) is 10.7. The number of likely N-dealkylation sites (N-methyl/N-ethyl adjacent to an activating group) is 1. The average molecular weight is 421 g/mol. The molecule has 0 saturated carbocycles. The molecule has 2 N–H and O–H groups in total. The lowest BCUT2D eigenvalue weighted by atomic mass is 10.1. The lowest BCUT2D eigenvalue weighted by Crippen LogP contribution is -2.58. The van der Waals surface area contributed by atoms with E-state index in [1.807, 2.05) is 38.2 Å². The highest BCUT2D eigenvalue weighted by atomic mass is 16.1. The Morgan fingerprint density at radius 1 is 1.23 bits per heavy atom. The first-order valence-corrected chi connectivity index (χ1v) is 10.7. The second-order valence-electron chi connectivity index (χ2n) is 7.97. The number of H-pyrrole nitrogens is 1. The second-order valence-corrected chi connectivity index (χ2v) is 7.97. The number of pyridine rings is 3. The second kappa shape index (κ2) is 8.85. The molecule has 0 unspecified atom stereocenters. The number of likely N-dealkylation sites (tertiary alicyclic amines) is 1. The van der Waals surface area contributed by atoms with Gasteiger partial charge in [0, 0.05) is 45.0 Å². The number of aromatic nitrogens is 3. The highest BCUT2D eigenvalue weighted by Crippen LogP contribution is 2.23. The number of nitrogens with one attached hydrogen (secondary N) is 2. The van der Waals surface area contributed by atoms with Gasteiger partial charge in [-0.2, -0.15) is 0 Å². The molecular weight excluding hydrogens is 392 g/mol. The molecule has 1 fully saturated rings. The molecular formula is C23H28N6O2. The zero-order valence-electron chi connectivity index (χ0n) is 18.2. The highest BCUT2D eigenvalue weighted by Gasteiger charge is 2.30. The summed E-state index contributed by atoms with van der Waals surface area (Å²) in [5.41, 5.74) is 4.84. The van der Waals surface area contributed by atoms with Crippen LogP contribution in [0.2, 0.25) is 0 Å². The molecule has 0 radical (unpaired) electrons. The summed E-state index contributed by atoms with van der Waals surface area (Å²) in [6.45, 7) is 7.09. The van der Waals surface area contributed by atoms with Crippen LogP contribution in [0.3, 0.4) is 0 Å². The van der Waals surface area contributed by atoms with Crippen LogP contribution in [0, 0.1) is 0 Å². The molecule has 4 rings (SSSR count). The van der Waals surface area contributed by atoms with E-state index in [1.165, 1.54) is 0 Å². The van der Waals surface area contributed by atoms with Gasteiger partial charge in [0.05, 0.1) is 29.0 Å². The van der Waals surface area contributed by atoms with Crippen molar-refractivity contribution in [1.29, 1.82) is 0 Å². The molecule has 0 aromatic carbocycles. The maximum Gasteiger partial charge on any atom is 0.269 e. The minimum atomic E-state index is -0.150. The van der Waals surface area contributed by atoms with E-state index in [1.54, 1.807) is 12.3 Å². The monoisotopic (exact) mass is 420 g/mol. The average Bonchev–Trinajstić information content (AvgIpc) is 2.75. The van der Waals surface area contributed by atoms with Crippen LogP contribution in [-0.2, 0) is 13.0 Å². The Kier molecular flexibility index (Phi) is 5.99. The van der Waals surface area contributed by atoms with E-state index in [0.29, 0.717) is 24.7 Å². The molecule has 1 amide bonds. The van der Waals surface area contributed by atoms with Crippen molar-refractivity contribution in [2.45, 2.75) is 32.9 Å². The number of hydrogen-bond acceptors (Lipinski definition) is 6. The van der Waals surface area contributed by atoms with Gasteiger partial charge in [0.15, 0.2) is 0 Å². The van der Waals surface area contributed by atoms with E-state index < -0.39 is 0 Å². The number of carbonyl (C=O) groups excluding carboxylic acids is 1. The molecule has 1 aliphatic rings. The highest BCUT2D eigenvalue weighted by molar-refractivity contribution is 5.92. The van der Waals surface area contributed by atoms with Gasteiger partial charge < -0.3 is 15.2 Å². The summed E-state index contributed by atoms with van der Waals surface area (Å²) in [4.78, 5) is 40.3. The van der Waals surface area contributed by atoms with E-state index in [4.69, 9.17) is 0 Å². The van der Waals surface area contributed by atoms with Gasteiger partial charge in [0.2, 0.25) is 0 Å². The third-order valence-corrected chi connectivity index (χ3v) is 5.82. The standard InChI is InChI=1S/C23H28N6O2/c1-4-16-9-20-21(27-22(16)30)8-15(10-25-20)12-29-13-18(14-29)28(3)17-6-7-19(26-11-17)23(31)24-5-2/h6-11,18H,4-5,12-14H2,1-3H3,(H,24,31)(H,27,30). The fourth-order valence-corrected chi connectivity index (χ4v) is 3.88. The number of amides is 1. The molecule has 3 aromatic heterocycles. The Bertz CT molecular complexity index is 1140. The molecule has 8 nitrogen and oxygen atoms in total. The van der Waals surface area contributed by atoms with Crippen LogP contribution in [0.4, 0.5) is 5.69 Å². The number of nitrogens with zero attached hydrogens (tertiary/aromatic N) is 4. The number of rotatable bonds is 7. The fraction of sp³-hybridized carbons (Fsp3) is 0.391. The van der Waals surface area contributed by atoms with Gasteiger partial charge >= 0.3 is 0 Å². The lowest BCUT2D eigenvalue weighted by Gasteiger charge is -2.44. The molecule has 4 heterocycles. The minimum Gasteiger partial charge on any atom is -0.368 e. The summed E-state index contributed by atoms with van der Waals surface area (Å²) in [6, 6.07) is 7.98. The Morgan fingerprint density at radius 3 is 2.71 bits per heavy atom. The van der Waals surface area contributed by atoms with Crippen molar-refractivity contribution in [2.24, 2.45) is 0 Å². The number of aryl methyl sites for hydroxylation is 1. The summed E-state index contributed by atoms with van der Waals surface area (Å²) in [5, 5.41) is 2.76. The summed E-state index contributed by atoms with van der Waals surface area (Å²) >= 11 is 0. The number of aromatic amines is 1. The number of anilines is 1. The molecule has 3 aromatic rings. The van der Waals surface area contributed by atoms with E-state index in [9.17, 15) is 9.59 Å². The maximum absolute atomic E-state index is 12.1. The molecule has 162 valence electrons. The van der Waals surface area contributed by atoms with Crippen LogP contribution in [0.25, 0.3) is 11.0 Å². The van der Waals surface area contributed by atoms with Gasteiger partial charge in [-0.25, -0.2) is 4.98 Å². The maximum atomic E-state index is 12.1. The zero-order chi connectivity index (χ0) is 22.0. The topological polar surface area (TPSA) is 94.2 Å². The summed E-state index contributed by atoms with van der Waals surface area (Å²) in [5.74, 6) is -0.150. The molecule has 1 aliphatic heterocycles. The smallest absolute Gasteiger partial charge is 0.269 e. The molecule has 1 saturated heterocycles. The SMILES string of the molecule is CCNC(=O)c1ccc(N(C)C2CN(Cc3cnc4cc(CC)c(=O)[nH]c4c3)C2)cn1. The Morgan fingerprint density at radius 2 is 2.03 bits per heavy atom. The Labute approximate surface area is 181 Å². The summed E-state index contributed by atoms with van der Waals surface area (Å²) in [6.07, 6.45) is 4.34. The summed E-state index contributed by atoms with van der Waals surface area (Å²) < 4.78 is 0. The molecule has 31 heavy (non-hydrogen) atoms. The third-order valence-electron chi connectivity index (χ3n) is 5.82. The van der Waals surface area contributed by atoms with E-state index >= 15 is 0 Å². The predicted molar refractivity (Wildman–Crippen MR) is 121 cm³/mol. The fourth-order valence-electron chi connectivity index (χ4n) is 3.88. The van der Waals surface area contributed by atoms with Gasteiger partial charge in [-0.15, -0.1) is 0 Å². The van der Waals surface area contributed by atoms with Crippen molar-refractivity contribution in [3.63, 3.8) is 0 Å².